The second-order valence-corrected chi connectivity index (χ2v) is 2.13. The number of carbonyl (C=O) groups is 2. The Morgan fingerprint density at radius 1 is 1.82 bits per heavy atom. The van der Waals surface area contributed by atoms with Crippen molar-refractivity contribution in [2.75, 3.05) is 13.7 Å². The maximum absolute atomic E-state index is 10.8. The number of methoxy groups -OCH3 is 1. The Morgan fingerprint density at radius 3 is 3.09 bits per heavy atom. The smallest absolute Gasteiger partial charge is 0.407 e. The van der Waals surface area contributed by atoms with Gasteiger partial charge in [-0.15, -0.1) is 0 Å². The van der Waals surface area contributed by atoms with Gasteiger partial charge in [0, 0.05) is 13.0 Å². The lowest BCUT2D eigenvalue weighted by atomic mass is 10.2. The molecule has 0 spiro atoms. The summed E-state index contributed by atoms with van der Waals surface area (Å²) < 4.78 is 9.01. The van der Waals surface area contributed by atoms with E-state index in [9.17, 15) is 9.59 Å². The molecule has 1 aliphatic rings. The summed E-state index contributed by atoms with van der Waals surface area (Å²) in [5.74, 6) is -0.500. The van der Waals surface area contributed by atoms with Crippen LogP contribution >= 0.6 is 0 Å². The zero-order valence-electron chi connectivity index (χ0n) is 6.12. The van der Waals surface area contributed by atoms with Gasteiger partial charge in [-0.25, -0.2) is 9.59 Å². The van der Waals surface area contributed by atoms with Gasteiger partial charge in [0.15, 0.2) is 0 Å². The Labute approximate surface area is 63.7 Å². The molecule has 0 saturated carbocycles. The third-order valence-corrected chi connectivity index (χ3v) is 1.39. The van der Waals surface area contributed by atoms with Gasteiger partial charge >= 0.3 is 12.1 Å². The van der Waals surface area contributed by atoms with E-state index in [0.29, 0.717) is 13.0 Å². The van der Waals surface area contributed by atoms with Gasteiger partial charge in [-0.3, -0.25) is 0 Å². The number of amides is 1. The molecule has 5 heteroatoms. The molecule has 1 unspecified atom stereocenters. The van der Waals surface area contributed by atoms with Gasteiger partial charge in [-0.1, -0.05) is 0 Å². The lowest BCUT2D eigenvalue weighted by molar-refractivity contribution is -0.151. The number of hydrogen-bond acceptors (Lipinski definition) is 4. The molecule has 0 bridgehead atoms. The van der Waals surface area contributed by atoms with Crippen LogP contribution < -0.4 is 5.32 Å². The molecular formula is C6H9NO4. The summed E-state index contributed by atoms with van der Waals surface area (Å²) >= 11 is 0. The van der Waals surface area contributed by atoms with E-state index in [1.807, 2.05) is 0 Å². The molecule has 1 aliphatic heterocycles. The van der Waals surface area contributed by atoms with E-state index in [2.05, 4.69) is 14.8 Å². The van der Waals surface area contributed by atoms with Crippen molar-refractivity contribution < 1.29 is 19.1 Å². The summed E-state index contributed by atoms with van der Waals surface area (Å²) in [5, 5.41) is 2.42. The number of esters is 1. The van der Waals surface area contributed by atoms with Crippen molar-refractivity contribution in [3.05, 3.63) is 0 Å². The Kier molecular flexibility index (Phi) is 2.30. The molecule has 11 heavy (non-hydrogen) atoms. The number of cyclic esters (lactones) is 1. The van der Waals surface area contributed by atoms with Gasteiger partial charge in [0.25, 0.3) is 0 Å². The molecule has 1 N–H and O–H groups in total. The molecule has 0 aromatic heterocycles. The van der Waals surface area contributed by atoms with Crippen LogP contribution in [0.2, 0.25) is 0 Å². The van der Waals surface area contributed by atoms with Crippen LogP contribution in [0.15, 0.2) is 0 Å². The molecule has 1 fully saturated rings. The third kappa shape index (κ3) is 1.83. The quantitative estimate of drug-likeness (QED) is 0.531. The van der Waals surface area contributed by atoms with Crippen molar-refractivity contribution in [3.8, 4) is 0 Å². The molecule has 1 heterocycles. The predicted octanol–water partition coefficient (Wildman–Crippen LogP) is -0.342. The summed E-state index contributed by atoms with van der Waals surface area (Å²) in [6, 6.07) is 0. The first-order chi connectivity index (χ1) is 5.24. The van der Waals surface area contributed by atoms with E-state index in [4.69, 9.17) is 0 Å². The number of ether oxygens (including phenoxy) is 2. The van der Waals surface area contributed by atoms with Crippen molar-refractivity contribution in [2.24, 2.45) is 0 Å². The van der Waals surface area contributed by atoms with Crippen LogP contribution in [0.25, 0.3) is 0 Å². The van der Waals surface area contributed by atoms with Crippen LogP contribution in [0.3, 0.4) is 0 Å². The van der Waals surface area contributed by atoms with Crippen molar-refractivity contribution in [1.82, 2.24) is 5.32 Å². The van der Waals surface area contributed by atoms with Crippen molar-refractivity contribution in [3.63, 3.8) is 0 Å². The topological polar surface area (TPSA) is 64.6 Å². The van der Waals surface area contributed by atoms with Gasteiger partial charge in [0.05, 0.1) is 7.11 Å². The highest BCUT2D eigenvalue weighted by Gasteiger charge is 2.26. The van der Waals surface area contributed by atoms with Gasteiger partial charge < -0.3 is 14.8 Å². The molecule has 1 rings (SSSR count). The highest BCUT2D eigenvalue weighted by atomic mass is 16.6. The van der Waals surface area contributed by atoms with Crippen LogP contribution in [0.1, 0.15) is 6.42 Å². The number of alkyl carbamates (subject to hydrolysis) is 1. The zero-order chi connectivity index (χ0) is 8.27. The van der Waals surface area contributed by atoms with Gasteiger partial charge in [-0.05, 0) is 0 Å². The molecule has 1 saturated heterocycles. The van der Waals surface area contributed by atoms with E-state index in [-0.39, 0.29) is 0 Å². The molecular weight excluding hydrogens is 150 g/mol. The number of hydrogen-bond donors (Lipinski definition) is 1. The van der Waals surface area contributed by atoms with Crippen LogP contribution in [0, 0.1) is 0 Å². The highest BCUT2D eigenvalue weighted by Crippen LogP contribution is 2.04. The maximum Gasteiger partial charge on any atom is 0.407 e. The normalized spacial score (nSPS) is 23.4. The van der Waals surface area contributed by atoms with Crippen LogP contribution in [-0.4, -0.2) is 31.8 Å². The third-order valence-electron chi connectivity index (χ3n) is 1.39. The van der Waals surface area contributed by atoms with E-state index in [1.165, 1.54) is 7.11 Å². The van der Waals surface area contributed by atoms with Crippen LogP contribution in [-0.2, 0) is 14.3 Å². The van der Waals surface area contributed by atoms with E-state index in [0.717, 1.165) is 0 Å². The molecule has 5 nitrogen and oxygen atoms in total. The molecule has 1 atom stereocenters. The first-order valence-corrected chi connectivity index (χ1v) is 3.26. The summed E-state index contributed by atoms with van der Waals surface area (Å²) in [4.78, 5) is 21.3. The first kappa shape index (κ1) is 7.84. The Bertz CT molecular complexity index is 179. The fourth-order valence-corrected chi connectivity index (χ4v) is 0.833. The second kappa shape index (κ2) is 3.23. The maximum atomic E-state index is 10.8. The van der Waals surface area contributed by atoms with Crippen molar-refractivity contribution in [2.45, 2.75) is 12.5 Å². The first-order valence-electron chi connectivity index (χ1n) is 3.26. The standard InChI is InChI=1S/C6H9NO4/c1-10-5(8)4-2-3-7-6(9)11-4/h4H,2-3H2,1H3,(H,7,9). The number of nitrogens with one attached hydrogen (secondary N) is 1. The fourth-order valence-electron chi connectivity index (χ4n) is 0.833. The lowest BCUT2D eigenvalue weighted by Gasteiger charge is -2.20. The van der Waals surface area contributed by atoms with Crippen LogP contribution in [0.4, 0.5) is 4.79 Å². The SMILES string of the molecule is COC(=O)C1CCNC(=O)O1. The highest BCUT2D eigenvalue weighted by molar-refractivity contribution is 5.79. The monoisotopic (exact) mass is 159 g/mol. The molecule has 0 aliphatic carbocycles. The Hall–Kier alpha value is -1.26. The molecule has 62 valence electrons. The Balaban J connectivity index is 2.45. The average molecular weight is 159 g/mol. The minimum atomic E-state index is -0.728. The minimum absolute atomic E-state index is 0.457. The van der Waals surface area contributed by atoms with Crippen molar-refractivity contribution in [1.29, 1.82) is 0 Å². The molecule has 0 aromatic rings. The molecule has 1 amide bonds. The predicted molar refractivity (Wildman–Crippen MR) is 34.9 cm³/mol. The summed E-state index contributed by atoms with van der Waals surface area (Å²) in [6.45, 7) is 0.457. The Morgan fingerprint density at radius 2 is 2.55 bits per heavy atom. The van der Waals surface area contributed by atoms with Crippen molar-refractivity contribution >= 4 is 12.1 Å². The number of rotatable bonds is 1. The summed E-state index contributed by atoms with van der Waals surface area (Å²) in [6.07, 6.45) is -0.821. The van der Waals surface area contributed by atoms with Gasteiger partial charge in [0.1, 0.15) is 0 Å². The lowest BCUT2D eigenvalue weighted by Crippen LogP contribution is -2.42. The van der Waals surface area contributed by atoms with Gasteiger partial charge in [0.2, 0.25) is 6.10 Å². The molecule has 0 radical (unpaired) electrons. The average Bonchev–Trinajstić information content (AvgIpc) is 2.03. The largest absolute Gasteiger partial charge is 0.466 e. The van der Waals surface area contributed by atoms with Crippen LogP contribution in [0.5, 0.6) is 0 Å². The zero-order valence-corrected chi connectivity index (χ0v) is 6.12. The fraction of sp³-hybridized carbons (Fsp3) is 0.667. The molecule has 0 aromatic carbocycles. The minimum Gasteiger partial charge on any atom is -0.466 e. The second-order valence-electron chi connectivity index (χ2n) is 2.13. The summed E-state index contributed by atoms with van der Waals surface area (Å²) in [5.41, 5.74) is 0. The van der Waals surface area contributed by atoms with Gasteiger partial charge in [-0.2, -0.15) is 0 Å². The summed E-state index contributed by atoms with van der Waals surface area (Å²) in [7, 11) is 1.26. The van der Waals surface area contributed by atoms with E-state index in [1.54, 1.807) is 0 Å². The van der Waals surface area contributed by atoms with E-state index < -0.39 is 18.2 Å². The van der Waals surface area contributed by atoms with E-state index >= 15 is 0 Å². The number of carbonyl (C=O) groups excluding carboxylic acids is 2.